The topological polar surface area (TPSA) is 191 Å². The molecule has 43 heavy (non-hydrogen) atoms. The molecule has 2 saturated carbocycles. The van der Waals surface area contributed by atoms with E-state index in [0.717, 1.165) is 0 Å². The quantitative estimate of drug-likeness (QED) is 0.244. The second kappa shape index (κ2) is 11.3. The maximum atomic E-state index is 14.2. The molecule has 0 bridgehead atoms. The van der Waals surface area contributed by atoms with Gasteiger partial charge < -0.3 is 54.0 Å². The van der Waals surface area contributed by atoms with E-state index in [-0.39, 0.29) is 29.8 Å². The summed E-state index contributed by atoms with van der Waals surface area (Å²) in [5, 5.41) is 53.0. The molecular formula is C30H46O13. The van der Waals surface area contributed by atoms with Crippen molar-refractivity contribution < 1.29 is 63.5 Å². The Labute approximate surface area is 251 Å². The van der Waals surface area contributed by atoms with Crippen LogP contribution in [0.2, 0.25) is 0 Å². The Kier molecular flexibility index (Phi) is 8.58. The molecule has 5 unspecified atom stereocenters. The lowest BCUT2D eigenvalue weighted by Crippen LogP contribution is -2.78. The van der Waals surface area contributed by atoms with Crippen molar-refractivity contribution in [2.45, 2.75) is 108 Å². The summed E-state index contributed by atoms with van der Waals surface area (Å²) >= 11 is 0. The molecule has 0 spiro atoms. The number of hydrogen-bond acceptors (Lipinski definition) is 13. The number of carbonyl (C=O) groups excluding carboxylic acids is 2. The van der Waals surface area contributed by atoms with E-state index in [1.54, 1.807) is 13.0 Å². The summed E-state index contributed by atoms with van der Waals surface area (Å²) in [5.41, 5.74) is -3.62. The van der Waals surface area contributed by atoms with Gasteiger partial charge in [-0.1, -0.05) is 20.8 Å². The van der Waals surface area contributed by atoms with Gasteiger partial charge in [-0.25, -0.2) is 0 Å². The van der Waals surface area contributed by atoms with Gasteiger partial charge in [0.1, 0.15) is 36.6 Å². The van der Waals surface area contributed by atoms with Gasteiger partial charge in [0, 0.05) is 43.1 Å². The van der Waals surface area contributed by atoms with E-state index < -0.39 is 96.2 Å². The number of rotatable bonds is 6. The van der Waals surface area contributed by atoms with Crippen LogP contribution in [-0.2, 0) is 38.0 Å². The van der Waals surface area contributed by atoms with Crippen LogP contribution in [0.25, 0.3) is 0 Å². The summed E-state index contributed by atoms with van der Waals surface area (Å²) < 4.78 is 35.6. The molecule has 3 aliphatic carbocycles. The van der Waals surface area contributed by atoms with E-state index in [4.69, 9.17) is 28.4 Å². The first-order valence-corrected chi connectivity index (χ1v) is 14.9. The molecule has 0 aromatic heterocycles. The Morgan fingerprint density at radius 3 is 2.33 bits per heavy atom. The Morgan fingerprint density at radius 2 is 1.74 bits per heavy atom. The van der Waals surface area contributed by atoms with Crippen LogP contribution in [-0.4, -0.2) is 119 Å². The molecule has 16 atom stereocenters. The molecule has 0 aromatic rings. The van der Waals surface area contributed by atoms with Crippen LogP contribution in [0.5, 0.6) is 0 Å². The third-order valence-corrected chi connectivity index (χ3v) is 11.3. The zero-order valence-corrected chi connectivity index (χ0v) is 25.7. The van der Waals surface area contributed by atoms with E-state index >= 15 is 0 Å². The van der Waals surface area contributed by atoms with Crippen LogP contribution in [0.4, 0.5) is 0 Å². The summed E-state index contributed by atoms with van der Waals surface area (Å²) in [5.74, 6) is -2.25. The van der Waals surface area contributed by atoms with Crippen molar-refractivity contribution >= 4 is 11.8 Å². The summed E-state index contributed by atoms with van der Waals surface area (Å²) in [6, 6.07) is 0. The first kappa shape index (κ1) is 32.7. The van der Waals surface area contributed by atoms with Crippen LogP contribution in [0.1, 0.15) is 47.5 Å². The summed E-state index contributed by atoms with van der Waals surface area (Å²) in [4.78, 5) is 26.8. The highest BCUT2D eigenvalue weighted by Gasteiger charge is 2.76. The number of Topliss-reactive ketones (excluding diaryl/α,β-unsaturated/α-hetero) is 1. The van der Waals surface area contributed by atoms with Crippen molar-refractivity contribution in [1.29, 1.82) is 0 Å². The highest BCUT2D eigenvalue weighted by molar-refractivity contribution is 5.99. The van der Waals surface area contributed by atoms with Gasteiger partial charge in [-0.2, -0.15) is 0 Å². The maximum Gasteiger partial charge on any atom is 0.303 e. The molecule has 0 aromatic carbocycles. The van der Waals surface area contributed by atoms with Gasteiger partial charge in [-0.3, -0.25) is 9.59 Å². The SMILES string of the molecule is COC1=C[C@@H](C)[C@@H]2CC3OC(O[C@@H]4O[C@H](CO)[C@@H](O)[C@H](O)[C@H]4O)CC4C3(C)[C@H]([C@H](OC(C)=O)[C@@H](OC)[C@@]4(C)O)C2(C)C1=O. The van der Waals surface area contributed by atoms with Gasteiger partial charge in [-0.15, -0.1) is 0 Å². The highest BCUT2D eigenvalue weighted by atomic mass is 16.8. The number of esters is 1. The lowest BCUT2D eigenvalue weighted by molar-refractivity contribution is -0.392. The Hall–Kier alpha value is -1.68. The molecule has 13 heteroatoms. The number of ketones is 1. The Morgan fingerprint density at radius 1 is 1.07 bits per heavy atom. The Balaban J connectivity index is 1.60. The number of methoxy groups -OCH3 is 2. The molecule has 2 aliphatic heterocycles. The van der Waals surface area contributed by atoms with Crippen molar-refractivity contribution in [2.75, 3.05) is 20.8 Å². The molecule has 2 saturated heterocycles. The number of hydrogen-bond donors (Lipinski definition) is 5. The largest absolute Gasteiger partial charge is 0.493 e. The normalized spacial score (nSPS) is 52.9. The number of aliphatic hydroxyl groups is 5. The lowest BCUT2D eigenvalue weighted by Gasteiger charge is -2.71. The minimum absolute atomic E-state index is 0.0651. The third-order valence-electron chi connectivity index (χ3n) is 11.3. The standard InChI is InChI=1S/C30H46O13/c1-12-8-15(38-6)25(36)28(3)14(12)9-18-29(4)17(30(5,37)26(39-7)23(24(28)29)40-13(2)32)10-19(42-18)43-27-22(35)21(34)20(33)16(11-31)41-27/h8,12,14,16-24,26-27,31,33-35,37H,9-11H2,1-7H3/t12-,14+,16-,17?,18?,19?,20-,21+,22-,23+,24-,26-,27+,28?,29?,30+/m1/s1. The van der Waals surface area contributed by atoms with E-state index in [0.29, 0.717) is 6.42 Å². The average Bonchev–Trinajstić information content (AvgIpc) is 2.93. The van der Waals surface area contributed by atoms with Crippen LogP contribution in [0, 0.1) is 34.5 Å². The maximum absolute atomic E-state index is 14.2. The molecule has 4 fully saturated rings. The smallest absolute Gasteiger partial charge is 0.303 e. The fourth-order valence-corrected chi connectivity index (χ4v) is 9.44. The summed E-state index contributed by atoms with van der Waals surface area (Å²) in [6.45, 7) is 8.09. The number of fused-ring (bicyclic) bond motifs is 2. The van der Waals surface area contributed by atoms with Crippen LogP contribution in [0.3, 0.4) is 0 Å². The third kappa shape index (κ3) is 4.69. The molecule has 13 nitrogen and oxygen atoms in total. The zero-order chi connectivity index (χ0) is 31.8. The van der Waals surface area contributed by atoms with E-state index in [9.17, 15) is 35.1 Å². The predicted octanol–water partition coefficient (Wildman–Crippen LogP) is -0.357. The molecule has 5 N–H and O–H groups in total. The van der Waals surface area contributed by atoms with Gasteiger partial charge in [0.05, 0.1) is 25.4 Å². The van der Waals surface area contributed by atoms with Crippen molar-refractivity contribution in [3.63, 3.8) is 0 Å². The van der Waals surface area contributed by atoms with E-state index in [1.807, 2.05) is 20.8 Å². The molecule has 5 aliphatic rings. The molecule has 0 radical (unpaired) electrons. The Bertz CT molecular complexity index is 1120. The predicted molar refractivity (Wildman–Crippen MR) is 146 cm³/mol. The summed E-state index contributed by atoms with van der Waals surface area (Å²) in [6.07, 6.45) is -8.89. The zero-order valence-electron chi connectivity index (χ0n) is 25.7. The van der Waals surface area contributed by atoms with Crippen LogP contribution < -0.4 is 0 Å². The number of aliphatic hydroxyl groups excluding tert-OH is 4. The number of carbonyl (C=O) groups is 2. The average molecular weight is 615 g/mol. The fraction of sp³-hybridized carbons (Fsp3) is 0.867. The first-order valence-electron chi connectivity index (χ1n) is 14.9. The van der Waals surface area contributed by atoms with E-state index in [1.165, 1.54) is 21.1 Å². The van der Waals surface area contributed by atoms with Crippen LogP contribution in [0.15, 0.2) is 11.8 Å². The lowest BCUT2D eigenvalue weighted by atomic mass is 9.37. The second-order valence-corrected chi connectivity index (χ2v) is 13.5. The second-order valence-electron chi connectivity index (χ2n) is 13.5. The van der Waals surface area contributed by atoms with Gasteiger partial charge in [-0.05, 0) is 31.3 Å². The van der Waals surface area contributed by atoms with Crippen molar-refractivity contribution in [3.05, 3.63) is 11.8 Å². The minimum Gasteiger partial charge on any atom is -0.493 e. The van der Waals surface area contributed by atoms with Gasteiger partial charge in [0.15, 0.2) is 18.3 Å². The van der Waals surface area contributed by atoms with Crippen molar-refractivity contribution in [3.8, 4) is 0 Å². The molecule has 2 heterocycles. The van der Waals surface area contributed by atoms with Crippen molar-refractivity contribution in [2.24, 2.45) is 34.5 Å². The monoisotopic (exact) mass is 614 g/mol. The molecule has 0 amide bonds. The number of ether oxygens (including phenoxy) is 6. The van der Waals surface area contributed by atoms with Gasteiger partial charge >= 0.3 is 5.97 Å². The minimum atomic E-state index is -1.64. The van der Waals surface area contributed by atoms with Crippen molar-refractivity contribution in [1.82, 2.24) is 0 Å². The fourth-order valence-electron chi connectivity index (χ4n) is 9.44. The van der Waals surface area contributed by atoms with Gasteiger partial charge in [0.2, 0.25) is 5.78 Å². The van der Waals surface area contributed by atoms with Gasteiger partial charge in [0.25, 0.3) is 0 Å². The molecular weight excluding hydrogens is 568 g/mol. The molecule has 5 rings (SSSR count). The van der Waals surface area contributed by atoms with E-state index in [2.05, 4.69) is 0 Å². The summed E-state index contributed by atoms with van der Waals surface area (Å²) in [7, 11) is 2.87. The first-order chi connectivity index (χ1) is 20.1. The highest BCUT2D eigenvalue weighted by Crippen LogP contribution is 2.70. The molecule has 244 valence electrons. The number of allylic oxidation sites excluding steroid dienone is 2. The van der Waals surface area contributed by atoms with Crippen LogP contribution >= 0.6 is 0 Å².